The molecule has 1 atom stereocenters. The summed E-state index contributed by atoms with van der Waals surface area (Å²) in [6.45, 7) is 2.74. The molecule has 0 saturated heterocycles. The van der Waals surface area contributed by atoms with Crippen molar-refractivity contribution in [3.63, 3.8) is 0 Å². The summed E-state index contributed by atoms with van der Waals surface area (Å²) in [6, 6.07) is 0. The van der Waals surface area contributed by atoms with Crippen molar-refractivity contribution in [2.24, 2.45) is 0 Å². The van der Waals surface area contributed by atoms with Crippen LogP contribution in [0.1, 0.15) is 12.5 Å². The van der Waals surface area contributed by atoms with Crippen LogP contribution in [-0.4, -0.2) is 53.4 Å². The lowest BCUT2D eigenvalue weighted by atomic mass is 10.1. The first kappa shape index (κ1) is 16.0. The predicted molar refractivity (Wildman–Crippen MR) is 75.8 cm³/mol. The number of hydrogen-bond donors (Lipinski definition) is 2. The first-order valence-corrected chi connectivity index (χ1v) is 7.27. The highest BCUT2D eigenvalue weighted by molar-refractivity contribution is 7.98. The number of nitrogens with one attached hydrogen (secondary N) is 1. The Bertz CT molecular complexity index is 380. The first-order chi connectivity index (χ1) is 9.04. The third-order valence-corrected chi connectivity index (χ3v) is 3.43. The number of nitrogens with zero attached hydrogens (tertiary/aromatic N) is 2. The fourth-order valence-corrected chi connectivity index (χ4v) is 2.43. The second-order valence-corrected chi connectivity index (χ2v) is 5.27. The normalized spacial score (nSPS) is 13.9. The maximum atomic E-state index is 10.1. The molecule has 2 N–H and O–H groups in total. The lowest BCUT2D eigenvalue weighted by Gasteiger charge is -2.23. The third-order valence-electron chi connectivity index (χ3n) is 2.52. The van der Waals surface area contributed by atoms with Crippen molar-refractivity contribution in [1.29, 1.82) is 0 Å². The second-order valence-electron chi connectivity index (χ2n) is 4.40. The van der Waals surface area contributed by atoms with Gasteiger partial charge in [0.05, 0.1) is 25.4 Å². The van der Waals surface area contributed by atoms with Gasteiger partial charge >= 0.3 is 0 Å². The molecule has 1 rings (SSSR count). The average Bonchev–Trinajstić information content (AvgIpc) is 2.38. The molecule has 0 aromatic carbocycles. The van der Waals surface area contributed by atoms with Gasteiger partial charge in [-0.2, -0.15) is 11.8 Å². The molecule has 6 nitrogen and oxygen atoms in total. The van der Waals surface area contributed by atoms with E-state index in [2.05, 4.69) is 15.3 Å². The van der Waals surface area contributed by atoms with E-state index >= 15 is 0 Å². The number of rotatable bonds is 8. The van der Waals surface area contributed by atoms with Crippen molar-refractivity contribution >= 4 is 11.8 Å². The van der Waals surface area contributed by atoms with Crippen molar-refractivity contribution in [2.75, 3.05) is 32.8 Å². The highest BCUT2D eigenvalue weighted by atomic mass is 32.2. The second kappa shape index (κ2) is 7.52. The third kappa shape index (κ3) is 4.85. The van der Waals surface area contributed by atoms with Crippen LogP contribution in [0.25, 0.3) is 0 Å². The van der Waals surface area contributed by atoms with Gasteiger partial charge in [0.1, 0.15) is 6.33 Å². The van der Waals surface area contributed by atoms with Gasteiger partial charge in [-0.15, -0.1) is 0 Å². The van der Waals surface area contributed by atoms with Crippen molar-refractivity contribution in [2.45, 2.75) is 19.1 Å². The van der Waals surface area contributed by atoms with Gasteiger partial charge in [0.25, 0.3) is 0 Å². The number of methoxy groups -OCH3 is 2. The van der Waals surface area contributed by atoms with Crippen molar-refractivity contribution in [3.05, 3.63) is 11.9 Å². The number of ether oxygens (including phenoxy) is 2. The van der Waals surface area contributed by atoms with Gasteiger partial charge in [0.15, 0.2) is 0 Å². The molecule has 0 radical (unpaired) electrons. The van der Waals surface area contributed by atoms with E-state index in [1.807, 2.05) is 6.26 Å². The first-order valence-electron chi connectivity index (χ1n) is 5.88. The number of thioether (sulfide) groups is 1. The summed E-state index contributed by atoms with van der Waals surface area (Å²) in [6.07, 6.45) is 3.36. The van der Waals surface area contributed by atoms with Crippen molar-refractivity contribution in [3.8, 4) is 11.8 Å². The maximum absolute atomic E-state index is 10.1. The van der Waals surface area contributed by atoms with E-state index in [4.69, 9.17) is 9.47 Å². The van der Waals surface area contributed by atoms with E-state index in [1.165, 1.54) is 6.33 Å². The molecule has 0 fully saturated rings. The molecule has 0 amide bonds. The Morgan fingerprint density at radius 2 is 1.89 bits per heavy atom. The number of aromatic nitrogens is 2. The molecule has 1 aromatic rings. The van der Waals surface area contributed by atoms with E-state index in [9.17, 15) is 5.11 Å². The van der Waals surface area contributed by atoms with Crippen LogP contribution in [-0.2, 0) is 6.54 Å². The largest absolute Gasteiger partial charge is 0.481 e. The summed E-state index contributed by atoms with van der Waals surface area (Å²) in [7, 11) is 3.10. The predicted octanol–water partition coefficient (Wildman–Crippen LogP) is 0.697. The summed E-state index contributed by atoms with van der Waals surface area (Å²) >= 11 is 1.61. The SMILES string of the molecule is COc1ncnc(OC)c1CNCC(C)(O)CSC. The molecule has 0 aliphatic rings. The van der Waals surface area contributed by atoms with Crippen LogP contribution in [0, 0.1) is 0 Å². The minimum Gasteiger partial charge on any atom is -0.481 e. The Labute approximate surface area is 117 Å². The molecule has 19 heavy (non-hydrogen) atoms. The van der Waals surface area contributed by atoms with Crippen molar-refractivity contribution in [1.82, 2.24) is 15.3 Å². The van der Waals surface area contributed by atoms with E-state index < -0.39 is 5.60 Å². The van der Waals surface area contributed by atoms with Crippen LogP contribution in [0.4, 0.5) is 0 Å². The molecule has 1 unspecified atom stereocenters. The van der Waals surface area contributed by atoms with Crippen LogP contribution < -0.4 is 14.8 Å². The zero-order valence-corrected chi connectivity index (χ0v) is 12.6. The standard InChI is InChI=1S/C12H21N3O3S/c1-12(16,7-19-4)6-13-5-9-10(17-2)14-8-15-11(9)18-3/h8,13,16H,5-7H2,1-4H3. The Morgan fingerprint density at radius 1 is 1.32 bits per heavy atom. The average molecular weight is 287 g/mol. The lowest BCUT2D eigenvalue weighted by Crippen LogP contribution is -2.39. The van der Waals surface area contributed by atoms with Crippen molar-refractivity contribution < 1.29 is 14.6 Å². The minimum absolute atomic E-state index is 0.467. The lowest BCUT2D eigenvalue weighted by molar-refractivity contribution is 0.0844. The highest BCUT2D eigenvalue weighted by Gasteiger charge is 2.20. The quantitative estimate of drug-likeness (QED) is 0.728. The minimum atomic E-state index is -0.754. The molecule has 0 aliphatic heterocycles. The monoisotopic (exact) mass is 287 g/mol. The molecule has 7 heteroatoms. The van der Waals surface area contributed by atoms with Crippen LogP contribution >= 0.6 is 11.8 Å². The summed E-state index contributed by atoms with van der Waals surface area (Å²) in [4.78, 5) is 8.07. The Hall–Kier alpha value is -1.05. The molecule has 1 heterocycles. The highest BCUT2D eigenvalue weighted by Crippen LogP contribution is 2.23. The zero-order chi connectivity index (χ0) is 14.3. The molecule has 0 bridgehead atoms. The smallest absolute Gasteiger partial charge is 0.224 e. The van der Waals surface area contributed by atoms with Gasteiger partial charge in [-0.25, -0.2) is 9.97 Å². The van der Waals surface area contributed by atoms with Gasteiger partial charge in [-0.3, -0.25) is 0 Å². The van der Waals surface area contributed by atoms with E-state index in [0.29, 0.717) is 30.6 Å². The Kier molecular flexibility index (Phi) is 6.33. The number of aliphatic hydroxyl groups is 1. The van der Waals surface area contributed by atoms with E-state index in [1.54, 1.807) is 32.9 Å². The summed E-state index contributed by atoms with van der Waals surface area (Å²) in [5, 5.41) is 13.2. The van der Waals surface area contributed by atoms with E-state index in [-0.39, 0.29) is 0 Å². The molecule has 108 valence electrons. The zero-order valence-electron chi connectivity index (χ0n) is 11.8. The molecule has 0 spiro atoms. The fraction of sp³-hybridized carbons (Fsp3) is 0.667. The molecule has 0 saturated carbocycles. The molecule has 1 aromatic heterocycles. The van der Waals surface area contributed by atoms with Gasteiger partial charge in [0, 0.05) is 18.8 Å². The Morgan fingerprint density at radius 3 is 2.37 bits per heavy atom. The van der Waals surface area contributed by atoms with Gasteiger partial charge in [0.2, 0.25) is 11.8 Å². The summed E-state index contributed by atoms with van der Waals surface area (Å²) in [5.41, 5.74) is -0.0114. The van der Waals surface area contributed by atoms with E-state index in [0.717, 1.165) is 5.56 Å². The van der Waals surface area contributed by atoms with Gasteiger partial charge < -0.3 is 19.9 Å². The fourth-order valence-electron chi connectivity index (χ4n) is 1.70. The molecular formula is C12H21N3O3S. The van der Waals surface area contributed by atoms with Crippen LogP contribution in [0.3, 0.4) is 0 Å². The maximum Gasteiger partial charge on any atom is 0.224 e. The van der Waals surface area contributed by atoms with Gasteiger partial charge in [-0.1, -0.05) is 0 Å². The van der Waals surface area contributed by atoms with Crippen LogP contribution in [0.15, 0.2) is 6.33 Å². The molecule has 0 aliphatic carbocycles. The topological polar surface area (TPSA) is 76.5 Å². The van der Waals surface area contributed by atoms with Gasteiger partial charge in [-0.05, 0) is 13.2 Å². The molecular weight excluding hydrogens is 266 g/mol. The van der Waals surface area contributed by atoms with Crippen LogP contribution in [0.5, 0.6) is 11.8 Å². The number of hydrogen-bond acceptors (Lipinski definition) is 7. The van der Waals surface area contributed by atoms with Crippen LogP contribution in [0.2, 0.25) is 0 Å². The summed E-state index contributed by atoms with van der Waals surface area (Å²) < 4.78 is 10.4. The summed E-state index contributed by atoms with van der Waals surface area (Å²) in [5.74, 6) is 1.62. The Balaban J connectivity index is 2.67.